The van der Waals surface area contributed by atoms with E-state index in [2.05, 4.69) is 10.6 Å². The number of fused-ring (bicyclic) bond motifs is 2. The van der Waals surface area contributed by atoms with Gasteiger partial charge in [0, 0.05) is 23.4 Å². The third-order valence-corrected chi connectivity index (χ3v) is 6.21. The second kappa shape index (κ2) is 9.06. The summed E-state index contributed by atoms with van der Waals surface area (Å²) in [6.45, 7) is 4.21. The van der Waals surface area contributed by atoms with E-state index in [4.69, 9.17) is 0 Å². The molecule has 0 aromatic heterocycles. The zero-order valence-corrected chi connectivity index (χ0v) is 19.4. The standard InChI is InChI=1S/C29H24FN3O2/c1-18-11-12-21(30)16-24(18)28(34)32-22-13-14-23(19(2)15-22)29(35)33-26-9-5-3-7-20(26)17-31-25-8-4-6-10-27(25)33/h3-16,31H,17H2,1-2H3,(H,32,34). The molecule has 0 atom stereocenters. The minimum Gasteiger partial charge on any atom is -0.379 e. The second-order valence-corrected chi connectivity index (χ2v) is 8.58. The number of para-hydroxylation sites is 3. The average molecular weight is 466 g/mol. The van der Waals surface area contributed by atoms with Crippen molar-refractivity contribution >= 4 is 34.6 Å². The van der Waals surface area contributed by atoms with Gasteiger partial charge in [-0.3, -0.25) is 14.5 Å². The number of carbonyl (C=O) groups is 2. The molecule has 0 unspecified atom stereocenters. The number of rotatable bonds is 3. The topological polar surface area (TPSA) is 61.4 Å². The molecule has 5 nitrogen and oxygen atoms in total. The van der Waals surface area contributed by atoms with Gasteiger partial charge in [0.2, 0.25) is 0 Å². The Bertz CT molecular complexity index is 1420. The van der Waals surface area contributed by atoms with E-state index in [-0.39, 0.29) is 11.5 Å². The highest BCUT2D eigenvalue weighted by atomic mass is 19.1. The fourth-order valence-corrected chi connectivity index (χ4v) is 4.37. The number of benzene rings is 4. The van der Waals surface area contributed by atoms with Crippen LogP contribution in [-0.4, -0.2) is 11.8 Å². The molecular weight excluding hydrogens is 441 g/mol. The highest BCUT2D eigenvalue weighted by Crippen LogP contribution is 2.39. The Morgan fingerprint density at radius 3 is 2.37 bits per heavy atom. The number of amides is 2. The Balaban J connectivity index is 1.48. The van der Waals surface area contributed by atoms with Crippen LogP contribution in [0.1, 0.15) is 37.4 Å². The van der Waals surface area contributed by atoms with Crippen LogP contribution < -0.4 is 15.5 Å². The Hall–Kier alpha value is -4.45. The molecule has 1 aliphatic heterocycles. The third-order valence-electron chi connectivity index (χ3n) is 6.21. The quantitative estimate of drug-likeness (QED) is 0.358. The highest BCUT2D eigenvalue weighted by Gasteiger charge is 2.27. The van der Waals surface area contributed by atoms with Crippen LogP contribution >= 0.6 is 0 Å². The fraction of sp³-hybridized carbons (Fsp3) is 0.103. The number of hydrogen-bond donors (Lipinski definition) is 2. The number of hydrogen-bond acceptors (Lipinski definition) is 3. The van der Waals surface area contributed by atoms with Gasteiger partial charge in [0.1, 0.15) is 5.82 Å². The predicted octanol–water partition coefficient (Wildman–Crippen LogP) is 6.60. The highest BCUT2D eigenvalue weighted by molar-refractivity contribution is 6.14. The van der Waals surface area contributed by atoms with Gasteiger partial charge in [-0.1, -0.05) is 36.4 Å². The van der Waals surface area contributed by atoms with Crippen molar-refractivity contribution in [2.45, 2.75) is 20.4 Å². The first kappa shape index (κ1) is 22.3. The van der Waals surface area contributed by atoms with Crippen molar-refractivity contribution in [3.05, 3.63) is 119 Å². The van der Waals surface area contributed by atoms with Crippen molar-refractivity contribution in [2.24, 2.45) is 0 Å². The maximum absolute atomic E-state index is 13.9. The third kappa shape index (κ3) is 4.26. The molecule has 6 heteroatoms. The first-order valence-corrected chi connectivity index (χ1v) is 11.4. The van der Waals surface area contributed by atoms with Gasteiger partial charge in [-0.25, -0.2) is 4.39 Å². The SMILES string of the molecule is Cc1ccc(F)cc1C(=O)Nc1ccc(C(=O)N2c3ccccc3CNc3ccccc32)c(C)c1. The first-order valence-electron chi connectivity index (χ1n) is 11.4. The Labute approximate surface area is 203 Å². The molecule has 0 aliphatic carbocycles. The molecule has 1 aliphatic rings. The van der Waals surface area contributed by atoms with E-state index >= 15 is 0 Å². The maximum atomic E-state index is 13.9. The monoisotopic (exact) mass is 465 g/mol. The van der Waals surface area contributed by atoms with E-state index < -0.39 is 11.7 Å². The Morgan fingerprint density at radius 1 is 0.829 bits per heavy atom. The van der Waals surface area contributed by atoms with Gasteiger partial charge in [-0.15, -0.1) is 0 Å². The number of carbonyl (C=O) groups excluding carboxylic acids is 2. The average Bonchev–Trinajstić information content (AvgIpc) is 3.02. The van der Waals surface area contributed by atoms with Crippen molar-refractivity contribution in [3.8, 4) is 0 Å². The van der Waals surface area contributed by atoms with Crippen LogP contribution in [0.2, 0.25) is 0 Å². The summed E-state index contributed by atoms with van der Waals surface area (Å²) < 4.78 is 13.6. The van der Waals surface area contributed by atoms with Gasteiger partial charge >= 0.3 is 0 Å². The summed E-state index contributed by atoms with van der Waals surface area (Å²) in [6.07, 6.45) is 0. The molecule has 0 spiro atoms. The van der Waals surface area contributed by atoms with Crippen LogP contribution in [0.4, 0.5) is 27.1 Å². The molecular formula is C29H24FN3O2. The Kier molecular flexibility index (Phi) is 5.79. The summed E-state index contributed by atoms with van der Waals surface area (Å²) in [5.74, 6) is -1.03. The number of nitrogens with one attached hydrogen (secondary N) is 2. The molecule has 5 rings (SSSR count). The van der Waals surface area contributed by atoms with Crippen LogP contribution in [0.3, 0.4) is 0 Å². The molecule has 4 aromatic carbocycles. The zero-order valence-electron chi connectivity index (χ0n) is 19.4. The number of nitrogens with zero attached hydrogens (tertiary/aromatic N) is 1. The second-order valence-electron chi connectivity index (χ2n) is 8.58. The van der Waals surface area contributed by atoms with Crippen molar-refractivity contribution < 1.29 is 14.0 Å². The lowest BCUT2D eigenvalue weighted by molar-refractivity contribution is 0.0997. The molecule has 0 fully saturated rings. The largest absolute Gasteiger partial charge is 0.379 e. The summed E-state index contributed by atoms with van der Waals surface area (Å²) in [4.78, 5) is 28.4. The van der Waals surface area contributed by atoms with Gasteiger partial charge in [-0.2, -0.15) is 0 Å². The predicted molar refractivity (Wildman–Crippen MR) is 137 cm³/mol. The normalized spacial score (nSPS) is 12.1. The van der Waals surface area contributed by atoms with Gasteiger partial charge in [0.25, 0.3) is 11.8 Å². The maximum Gasteiger partial charge on any atom is 0.263 e. The van der Waals surface area contributed by atoms with E-state index in [0.717, 1.165) is 28.2 Å². The van der Waals surface area contributed by atoms with E-state index in [0.29, 0.717) is 23.4 Å². The number of anilines is 4. The van der Waals surface area contributed by atoms with Crippen molar-refractivity contribution in [3.63, 3.8) is 0 Å². The lowest BCUT2D eigenvalue weighted by atomic mass is 10.0. The molecule has 2 N–H and O–H groups in total. The molecule has 0 saturated heterocycles. The summed E-state index contributed by atoms with van der Waals surface area (Å²) in [7, 11) is 0. The lowest BCUT2D eigenvalue weighted by Gasteiger charge is -2.25. The first-order chi connectivity index (χ1) is 16.9. The minimum absolute atomic E-state index is 0.162. The molecule has 2 amide bonds. The van der Waals surface area contributed by atoms with Gasteiger partial charge in [0.05, 0.1) is 17.1 Å². The summed E-state index contributed by atoms with van der Waals surface area (Å²) >= 11 is 0. The van der Waals surface area contributed by atoms with Crippen molar-refractivity contribution in [1.29, 1.82) is 0 Å². The van der Waals surface area contributed by atoms with E-state index in [1.807, 2.05) is 55.5 Å². The number of aryl methyl sites for hydroxylation is 2. The van der Waals surface area contributed by atoms with E-state index in [9.17, 15) is 14.0 Å². The molecule has 0 radical (unpaired) electrons. The fourth-order valence-electron chi connectivity index (χ4n) is 4.37. The Morgan fingerprint density at radius 2 is 1.57 bits per heavy atom. The van der Waals surface area contributed by atoms with Crippen LogP contribution in [0.25, 0.3) is 0 Å². The van der Waals surface area contributed by atoms with Crippen molar-refractivity contribution in [1.82, 2.24) is 0 Å². The zero-order chi connectivity index (χ0) is 24.5. The van der Waals surface area contributed by atoms with E-state index in [1.165, 1.54) is 12.1 Å². The minimum atomic E-state index is -0.467. The van der Waals surface area contributed by atoms with Crippen LogP contribution in [0.15, 0.2) is 84.9 Å². The molecule has 0 saturated carbocycles. The summed E-state index contributed by atoms with van der Waals surface area (Å²) in [5.41, 5.74) is 6.23. The molecule has 174 valence electrons. The van der Waals surface area contributed by atoms with Crippen LogP contribution in [0, 0.1) is 19.7 Å². The van der Waals surface area contributed by atoms with Gasteiger partial charge in [0.15, 0.2) is 0 Å². The summed E-state index contributed by atoms with van der Waals surface area (Å²) in [6, 6.07) is 24.9. The van der Waals surface area contributed by atoms with Crippen LogP contribution in [0.5, 0.6) is 0 Å². The van der Waals surface area contributed by atoms with Gasteiger partial charge < -0.3 is 10.6 Å². The number of halogens is 1. The molecule has 1 heterocycles. The molecule has 35 heavy (non-hydrogen) atoms. The van der Waals surface area contributed by atoms with E-state index in [1.54, 1.807) is 36.1 Å². The molecule has 0 bridgehead atoms. The van der Waals surface area contributed by atoms with Crippen molar-refractivity contribution in [2.75, 3.05) is 15.5 Å². The smallest absolute Gasteiger partial charge is 0.263 e. The van der Waals surface area contributed by atoms with Crippen LogP contribution in [-0.2, 0) is 6.54 Å². The molecule has 4 aromatic rings. The summed E-state index contributed by atoms with van der Waals surface area (Å²) in [5, 5.41) is 6.23. The van der Waals surface area contributed by atoms with Gasteiger partial charge in [-0.05, 0) is 79.1 Å². The lowest BCUT2D eigenvalue weighted by Crippen LogP contribution is -2.27.